The first kappa shape index (κ1) is 14.1. The highest BCUT2D eigenvalue weighted by atomic mass is 16.5. The molecule has 0 aromatic carbocycles. The van der Waals surface area contributed by atoms with Crippen molar-refractivity contribution in [2.75, 3.05) is 18.5 Å². The van der Waals surface area contributed by atoms with Gasteiger partial charge in [0.25, 0.3) is 0 Å². The Morgan fingerprint density at radius 3 is 2.89 bits per heavy atom. The predicted molar refractivity (Wildman–Crippen MR) is 65.6 cm³/mol. The molecule has 0 unspecified atom stereocenters. The van der Waals surface area contributed by atoms with Crippen molar-refractivity contribution in [3.8, 4) is 0 Å². The van der Waals surface area contributed by atoms with Crippen LogP contribution in [0.1, 0.15) is 30.3 Å². The van der Waals surface area contributed by atoms with E-state index in [0.717, 1.165) is 6.42 Å². The molecule has 18 heavy (non-hydrogen) atoms. The maximum Gasteiger partial charge on any atom is 0.354 e. The van der Waals surface area contributed by atoms with Crippen LogP contribution in [0.3, 0.4) is 0 Å². The van der Waals surface area contributed by atoms with Gasteiger partial charge in [0.15, 0.2) is 0 Å². The molecule has 0 atom stereocenters. The van der Waals surface area contributed by atoms with Crippen LogP contribution in [0.15, 0.2) is 18.3 Å². The Kier molecular flexibility index (Phi) is 5.79. The molecule has 98 valence electrons. The van der Waals surface area contributed by atoms with Crippen molar-refractivity contribution in [1.29, 1.82) is 0 Å². The molecule has 0 radical (unpaired) electrons. The summed E-state index contributed by atoms with van der Waals surface area (Å²) in [7, 11) is 0. The minimum absolute atomic E-state index is 0.102. The van der Waals surface area contributed by atoms with Crippen molar-refractivity contribution >= 4 is 17.6 Å². The number of nitrogens with zero attached hydrogens (tertiary/aromatic N) is 1. The van der Waals surface area contributed by atoms with Crippen LogP contribution in [0.2, 0.25) is 0 Å². The Labute approximate surface area is 105 Å². The summed E-state index contributed by atoms with van der Waals surface area (Å²) in [5.74, 6) is -1.34. The van der Waals surface area contributed by atoms with Gasteiger partial charge in [-0.25, -0.2) is 9.78 Å². The summed E-state index contributed by atoms with van der Waals surface area (Å²) in [5.41, 5.74) is 0.318. The second kappa shape index (κ2) is 7.39. The van der Waals surface area contributed by atoms with Gasteiger partial charge in [0.05, 0.1) is 13.0 Å². The summed E-state index contributed by atoms with van der Waals surface area (Å²) in [6, 6.07) is 2.85. The van der Waals surface area contributed by atoms with E-state index in [1.54, 1.807) is 0 Å². The molecule has 0 saturated heterocycles. The number of aromatic nitrogens is 1. The smallest absolute Gasteiger partial charge is 0.354 e. The van der Waals surface area contributed by atoms with Crippen LogP contribution < -0.4 is 5.32 Å². The van der Waals surface area contributed by atoms with Gasteiger partial charge in [-0.1, -0.05) is 6.92 Å². The number of aromatic carboxylic acids is 1. The monoisotopic (exact) mass is 252 g/mol. The predicted octanol–water partition coefficient (Wildman–Crippen LogP) is 1.53. The Morgan fingerprint density at radius 2 is 2.22 bits per heavy atom. The third kappa shape index (κ3) is 4.92. The molecule has 0 aliphatic rings. The zero-order chi connectivity index (χ0) is 13.4. The number of ether oxygens (including phenoxy) is 1. The summed E-state index contributed by atoms with van der Waals surface area (Å²) in [4.78, 5) is 25.8. The van der Waals surface area contributed by atoms with Crippen LogP contribution >= 0.6 is 0 Å². The zero-order valence-corrected chi connectivity index (χ0v) is 10.2. The van der Waals surface area contributed by atoms with Gasteiger partial charge < -0.3 is 15.2 Å². The third-order valence-electron chi connectivity index (χ3n) is 2.08. The fourth-order valence-corrected chi connectivity index (χ4v) is 1.26. The Bertz CT molecular complexity index is 420. The van der Waals surface area contributed by atoms with Crippen molar-refractivity contribution < 1.29 is 19.4 Å². The first-order valence-electron chi connectivity index (χ1n) is 5.70. The SMILES string of the molecule is CCCOCCC(=O)Nc1ccnc(C(=O)O)c1. The van der Waals surface area contributed by atoms with Gasteiger partial charge in [0, 0.05) is 18.5 Å². The maximum absolute atomic E-state index is 11.5. The summed E-state index contributed by atoms with van der Waals surface area (Å²) in [6.07, 6.45) is 2.49. The van der Waals surface area contributed by atoms with Crippen LogP contribution in [0, 0.1) is 0 Å². The molecule has 0 bridgehead atoms. The van der Waals surface area contributed by atoms with Crippen LogP contribution in [-0.2, 0) is 9.53 Å². The number of carbonyl (C=O) groups excluding carboxylic acids is 1. The van der Waals surface area contributed by atoms with E-state index in [9.17, 15) is 9.59 Å². The molecule has 6 heteroatoms. The van der Waals surface area contributed by atoms with Gasteiger partial charge in [-0.15, -0.1) is 0 Å². The first-order chi connectivity index (χ1) is 8.63. The Morgan fingerprint density at radius 1 is 1.44 bits per heavy atom. The van der Waals surface area contributed by atoms with Gasteiger partial charge in [0.2, 0.25) is 5.91 Å². The van der Waals surface area contributed by atoms with E-state index < -0.39 is 5.97 Å². The highest BCUT2D eigenvalue weighted by Gasteiger charge is 2.07. The molecule has 1 heterocycles. The maximum atomic E-state index is 11.5. The lowest BCUT2D eigenvalue weighted by atomic mass is 10.3. The van der Waals surface area contributed by atoms with Gasteiger partial charge in [0.1, 0.15) is 5.69 Å². The highest BCUT2D eigenvalue weighted by molar-refractivity contribution is 5.92. The number of carboxylic acids is 1. The lowest BCUT2D eigenvalue weighted by molar-refractivity contribution is -0.117. The molecule has 1 rings (SSSR count). The van der Waals surface area contributed by atoms with Crippen molar-refractivity contribution in [2.45, 2.75) is 19.8 Å². The molecule has 0 saturated carbocycles. The molecule has 2 N–H and O–H groups in total. The molecular formula is C12H16N2O4. The number of anilines is 1. The Balaban J connectivity index is 2.44. The summed E-state index contributed by atoms with van der Waals surface area (Å²) >= 11 is 0. The lowest BCUT2D eigenvalue weighted by Crippen LogP contribution is -2.15. The number of carbonyl (C=O) groups is 2. The van der Waals surface area contributed by atoms with Crippen LogP contribution in [-0.4, -0.2) is 35.2 Å². The van der Waals surface area contributed by atoms with Crippen LogP contribution in [0.25, 0.3) is 0 Å². The van der Waals surface area contributed by atoms with Crippen molar-refractivity contribution in [2.24, 2.45) is 0 Å². The average Bonchev–Trinajstić information content (AvgIpc) is 2.35. The fraction of sp³-hybridized carbons (Fsp3) is 0.417. The minimum Gasteiger partial charge on any atom is -0.477 e. The normalized spacial score (nSPS) is 10.1. The number of rotatable bonds is 7. The van der Waals surface area contributed by atoms with E-state index in [4.69, 9.17) is 9.84 Å². The van der Waals surface area contributed by atoms with E-state index in [1.807, 2.05) is 6.92 Å². The molecule has 1 amide bonds. The van der Waals surface area contributed by atoms with E-state index in [1.165, 1.54) is 18.3 Å². The summed E-state index contributed by atoms with van der Waals surface area (Å²) in [5, 5.41) is 11.3. The molecule has 6 nitrogen and oxygen atoms in total. The second-order valence-electron chi connectivity index (χ2n) is 3.65. The summed E-state index contributed by atoms with van der Waals surface area (Å²) in [6.45, 7) is 2.98. The first-order valence-corrected chi connectivity index (χ1v) is 5.70. The molecule has 0 aliphatic heterocycles. The molecule has 0 aliphatic carbocycles. The quantitative estimate of drug-likeness (QED) is 0.718. The van der Waals surface area contributed by atoms with E-state index in [2.05, 4.69) is 10.3 Å². The van der Waals surface area contributed by atoms with Crippen molar-refractivity contribution in [3.05, 3.63) is 24.0 Å². The summed E-state index contributed by atoms with van der Waals surface area (Å²) < 4.78 is 5.19. The van der Waals surface area contributed by atoms with Crippen LogP contribution in [0.5, 0.6) is 0 Å². The number of amides is 1. The van der Waals surface area contributed by atoms with Gasteiger partial charge in [-0.05, 0) is 18.6 Å². The highest BCUT2D eigenvalue weighted by Crippen LogP contribution is 2.08. The van der Waals surface area contributed by atoms with Gasteiger partial charge in [-0.2, -0.15) is 0 Å². The Hall–Kier alpha value is -1.95. The van der Waals surface area contributed by atoms with Gasteiger partial charge in [-0.3, -0.25) is 4.79 Å². The van der Waals surface area contributed by atoms with E-state index >= 15 is 0 Å². The van der Waals surface area contributed by atoms with E-state index in [-0.39, 0.29) is 18.0 Å². The molecule has 0 fully saturated rings. The second-order valence-corrected chi connectivity index (χ2v) is 3.65. The van der Waals surface area contributed by atoms with Crippen LogP contribution in [0.4, 0.5) is 5.69 Å². The number of carboxylic acid groups (broad SMARTS) is 1. The third-order valence-corrected chi connectivity index (χ3v) is 2.08. The molecule has 1 aromatic rings. The fourth-order valence-electron chi connectivity index (χ4n) is 1.26. The largest absolute Gasteiger partial charge is 0.477 e. The van der Waals surface area contributed by atoms with Crippen molar-refractivity contribution in [1.82, 2.24) is 4.98 Å². The molecule has 0 spiro atoms. The topological polar surface area (TPSA) is 88.5 Å². The lowest BCUT2D eigenvalue weighted by Gasteiger charge is -2.06. The molecular weight excluding hydrogens is 236 g/mol. The zero-order valence-electron chi connectivity index (χ0n) is 10.2. The van der Waals surface area contributed by atoms with E-state index in [0.29, 0.717) is 18.9 Å². The molecule has 1 aromatic heterocycles. The van der Waals surface area contributed by atoms with Gasteiger partial charge >= 0.3 is 5.97 Å². The standard InChI is InChI=1S/C12H16N2O4/c1-2-6-18-7-4-11(15)14-9-3-5-13-10(8-9)12(16)17/h3,5,8H,2,4,6-7H2,1H3,(H,16,17)(H,13,14,15). The number of hydrogen-bond donors (Lipinski definition) is 2. The minimum atomic E-state index is -1.13. The average molecular weight is 252 g/mol. The van der Waals surface area contributed by atoms with Crippen molar-refractivity contribution in [3.63, 3.8) is 0 Å². The number of hydrogen-bond acceptors (Lipinski definition) is 4. The number of nitrogens with one attached hydrogen (secondary N) is 1. The number of pyridine rings is 1.